The van der Waals surface area contributed by atoms with Crippen LogP contribution in [-0.2, 0) is 6.42 Å². The Labute approximate surface area is 129 Å². The second-order valence-corrected chi connectivity index (χ2v) is 5.94. The molecule has 3 aromatic rings. The normalized spacial score (nSPS) is 10.9. The highest BCUT2D eigenvalue weighted by atomic mass is 35.5. The third-order valence-corrected chi connectivity index (χ3v) is 4.26. The summed E-state index contributed by atoms with van der Waals surface area (Å²) in [6, 6.07) is 7.28. The summed E-state index contributed by atoms with van der Waals surface area (Å²) in [7, 11) is 0. The number of nitrogens with two attached hydrogens (primary N) is 1. The topological polar surface area (TPSA) is 64.9 Å². The van der Waals surface area contributed by atoms with Crippen LogP contribution in [0.3, 0.4) is 0 Å². The molecule has 0 unspecified atom stereocenters. The number of halogens is 2. The lowest BCUT2D eigenvalue weighted by Crippen LogP contribution is -1.93. The number of hydrogen-bond donors (Lipinski definition) is 1. The molecule has 20 heavy (non-hydrogen) atoms. The standard InChI is InChI=1S/C13H9Cl2N3OS/c14-8-3-4-9(15)12(16)11(8)13-17-10(18-19-13)6-7-2-1-5-20-7/h1-5H,6,16H2. The predicted molar refractivity (Wildman–Crippen MR) is 81.3 cm³/mol. The molecule has 2 aromatic heterocycles. The molecule has 0 bridgehead atoms. The third kappa shape index (κ3) is 2.52. The van der Waals surface area contributed by atoms with Crippen molar-refractivity contribution < 1.29 is 4.52 Å². The van der Waals surface area contributed by atoms with Crippen LogP contribution < -0.4 is 5.73 Å². The van der Waals surface area contributed by atoms with Gasteiger partial charge in [-0.3, -0.25) is 0 Å². The number of nitrogens with zero attached hydrogens (tertiary/aromatic N) is 2. The lowest BCUT2D eigenvalue weighted by atomic mass is 10.2. The zero-order valence-electron chi connectivity index (χ0n) is 10.1. The highest BCUT2D eigenvalue weighted by molar-refractivity contribution is 7.09. The summed E-state index contributed by atoms with van der Waals surface area (Å²) in [4.78, 5) is 5.48. The van der Waals surface area contributed by atoms with Crippen molar-refractivity contribution in [3.05, 3.63) is 50.4 Å². The van der Waals surface area contributed by atoms with E-state index in [0.717, 1.165) is 4.88 Å². The van der Waals surface area contributed by atoms with Gasteiger partial charge in [-0.1, -0.05) is 34.4 Å². The Morgan fingerprint density at radius 2 is 2.00 bits per heavy atom. The molecule has 1 aromatic carbocycles. The molecule has 0 aliphatic heterocycles. The number of anilines is 1. The van der Waals surface area contributed by atoms with E-state index in [1.807, 2.05) is 17.5 Å². The van der Waals surface area contributed by atoms with Crippen molar-refractivity contribution in [2.24, 2.45) is 0 Å². The van der Waals surface area contributed by atoms with Gasteiger partial charge in [-0.25, -0.2) is 0 Å². The van der Waals surface area contributed by atoms with Crippen molar-refractivity contribution in [2.75, 3.05) is 5.73 Å². The molecule has 0 amide bonds. The van der Waals surface area contributed by atoms with E-state index in [-0.39, 0.29) is 5.89 Å². The molecule has 0 saturated heterocycles. The summed E-state index contributed by atoms with van der Waals surface area (Å²) < 4.78 is 5.24. The maximum Gasteiger partial charge on any atom is 0.261 e. The maximum absolute atomic E-state index is 6.12. The van der Waals surface area contributed by atoms with E-state index in [2.05, 4.69) is 10.1 Å². The smallest absolute Gasteiger partial charge is 0.261 e. The van der Waals surface area contributed by atoms with E-state index in [4.69, 9.17) is 33.5 Å². The Balaban J connectivity index is 1.96. The van der Waals surface area contributed by atoms with Gasteiger partial charge in [0.25, 0.3) is 5.89 Å². The Morgan fingerprint density at radius 1 is 1.20 bits per heavy atom. The first-order chi connectivity index (χ1) is 9.65. The summed E-state index contributed by atoms with van der Waals surface area (Å²) in [5.74, 6) is 0.861. The Morgan fingerprint density at radius 3 is 2.75 bits per heavy atom. The minimum absolute atomic E-state index is 0.279. The summed E-state index contributed by atoms with van der Waals surface area (Å²) in [5, 5.41) is 6.78. The average Bonchev–Trinajstić information content (AvgIpc) is 3.07. The minimum atomic E-state index is 0.279. The Kier molecular flexibility index (Phi) is 3.65. The van der Waals surface area contributed by atoms with Gasteiger partial charge < -0.3 is 10.3 Å². The molecule has 0 spiro atoms. The van der Waals surface area contributed by atoms with Crippen LogP contribution in [0.1, 0.15) is 10.7 Å². The lowest BCUT2D eigenvalue weighted by molar-refractivity contribution is 0.424. The largest absolute Gasteiger partial charge is 0.397 e. The van der Waals surface area contributed by atoms with E-state index in [9.17, 15) is 0 Å². The number of aromatic nitrogens is 2. The SMILES string of the molecule is Nc1c(Cl)ccc(Cl)c1-c1nc(Cc2cccs2)no1. The third-order valence-electron chi connectivity index (χ3n) is 2.74. The van der Waals surface area contributed by atoms with E-state index in [1.165, 1.54) is 0 Å². The van der Waals surface area contributed by atoms with E-state index < -0.39 is 0 Å². The Bertz CT molecular complexity index is 740. The lowest BCUT2D eigenvalue weighted by Gasteiger charge is -2.04. The molecule has 0 aliphatic carbocycles. The van der Waals surface area contributed by atoms with Crippen LogP contribution >= 0.6 is 34.5 Å². The zero-order chi connectivity index (χ0) is 14.1. The molecule has 0 saturated carbocycles. The maximum atomic E-state index is 6.12. The van der Waals surface area contributed by atoms with Crippen LogP contribution in [0.2, 0.25) is 10.0 Å². The number of rotatable bonds is 3. The molecule has 0 aliphatic rings. The van der Waals surface area contributed by atoms with Crippen molar-refractivity contribution in [1.82, 2.24) is 10.1 Å². The molecular formula is C13H9Cl2N3OS. The van der Waals surface area contributed by atoms with Crippen LogP contribution in [0.4, 0.5) is 5.69 Å². The highest BCUT2D eigenvalue weighted by Crippen LogP contribution is 2.36. The van der Waals surface area contributed by atoms with Crippen LogP contribution in [0.5, 0.6) is 0 Å². The molecule has 0 fully saturated rings. The fourth-order valence-corrected chi connectivity index (χ4v) is 2.89. The number of hydrogen-bond acceptors (Lipinski definition) is 5. The van der Waals surface area contributed by atoms with E-state index in [1.54, 1.807) is 23.5 Å². The number of thiophene rings is 1. The fourth-order valence-electron chi connectivity index (χ4n) is 1.78. The van der Waals surface area contributed by atoms with Gasteiger partial charge in [0, 0.05) is 11.3 Å². The van der Waals surface area contributed by atoms with Gasteiger partial charge in [0.15, 0.2) is 5.82 Å². The van der Waals surface area contributed by atoms with Crippen LogP contribution in [-0.4, -0.2) is 10.1 Å². The van der Waals surface area contributed by atoms with Gasteiger partial charge in [-0.05, 0) is 23.6 Å². The van der Waals surface area contributed by atoms with Crippen LogP contribution in [0.15, 0.2) is 34.2 Å². The molecular weight excluding hydrogens is 317 g/mol. The van der Waals surface area contributed by atoms with Gasteiger partial charge in [0.1, 0.15) is 0 Å². The quantitative estimate of drug-likeness (QED) is 0.730. The molecule has 7 heteroatoms. The molecule has 2 heterocycles. The van der Waals surface area contributed by atoms with Gasteiger partial charge in [0.2, 0.25) is 0 Å². The molecule has 3 rings (SSSR count). The monoisotopic (exact) mass is 325 g/mol. The van der Waals surface area contributed by atoms with Crippen LogP contribution in [0, 0.1) is 0 Å². The number of nitrogen functional groups attached to an aromatic ring is 1. The number of benzene rings is 1. The van der Waals surface area contributed by atoms with E-state index in [0.29, 0.717) is 33.5 Å². The average molecular weight is 326 g/mol. The van der Waals surface area contributed by atoms with E-state index >= 15 is 0 Å². The first-order valence-corrected chi connectivity index (χ1v) is 7.37. The Hall–Kier alpha value is -1.56. The highest BCUT2D eigenvalue weighted by Gasteiger charge is 2.17. The van der Waals surface area contributed by atoms with Crippen molar-refractivity contribution in [3.8, 4) is 11.5 Å². The summed E-state index contributed by atoms with van der Waals surface area (Å²) in [6.45, 7) is 0. The van der Waals surface area contributed by atoms with Gasteiger partial charge >= 0.3 is 0 Å². The van der Waals surface area contributed by atoms with Crippen molar-refractivity contribution in [3.63, 3.8) is 0 Å². The summed E-state index contributed by atoms with van der Waals surface area (Å²) >= 11 is 13.7. The summed E-state index contributed by atoms with van der Waals surface area (Å²) in [5.41, 5.74) is 6.73. The molecule has 102 valence electrons. The second-order valence-electron chi connectivity index (χ2n) is 4.09. The fraction of sp³-hybridized carbons (Fsp3) is 0.0769. The first kappa shape index (κ1) is 13.4. The van der Waals surface area contributed by atoms with Crippen LogP contribution in [0.25, 0.3) is 11.5 Å². The minimum Gasteiger partial charge on any atom is -0.397 e. The molecule has 4 nitrogen and oxygen atoms in total. The van der Waals surface area contributed by atoms with Gasteiger partial charge in [-0.15, -0.1) is 11.3 Å². The van der Waals surface area contributed by atoms with Gasteiger partial charge in [0.05, 0.1) is 21.3 Å². The van der Waals surface area contributed by atoms with Crippen molar-refractivity contribution in [1.29, 1.82) is 0 Å². The summed E-state index contributed by atoms with van der Waals surface area (Å²) in [6.07, 6.45) is 0.610. The molecule has 0 atom stereocenters. The van der Waals surface area contributed by atoms with Crippen molar-refractivity contribution >= 4 is 40.2 Å². The zero-order valence-corrected chi connectivity index (χ0v) is 12.5. The first-order valence-electron chi connectivity index (χ1n) is 5.74. The van der Waals surface area contributed by atoms with Crippen molar-refractivity contribution in [2.45, 2.75) is 6.42 Å². The van der Waals surface area contributed by atoms with Gasteiger partial charge in [-0.2, -0.15) is 4.98 Å². The molecule has 2 N–H and O–H groups in total. The molecule has 0 radical (unpaired) electrons. The second kappa shape index (κ2) is 5.44. The predicted octanol–water partition coefficient (Wildman–Crippen LogP) is 4.28.